The number of carbonyl (C=O) groups is 2. The summed E-state index contributed by atoms with van der Waals surface area (Å²) in [7, 11) is 0. The van der Waals surface area contributed by atoms with Crippen LogP contribution in [0.5, 0.6) is 0 Å². The van der Waals surface area contributed by atoms with Crippen LogP contribution >= 0.6 is 23.2 Å². The molecular weight excluding hydrogens is 371 g/mol. The molecule has 3 rings (SSSR count). The lowest BCUT2D eigenvalue weighted by Crippen LogP contribution is -2.33. The Morgan fingerprint density at radius 1 is 1.04 bits per heavy atom. The van der Waals surface area contributed by atoms with Crippen molar-refractivity contribution in [3.8, 4) is 0 Å². The van der Waals surface area contributed by atoms with Gasteiger partial charge < -0.3 is 10.2 Å². The molecule has 0 atom stereocenters. The molecule has 2 aromatic rings. The van der Waals surface area contributed by atoms with Crippen LogP contribution in [-0.2, 0) is 22.6 Å². The van der Waals surface area contributed by atoms with Crippen molar-refractivity contribution in [3.63, 3.8) is 0 Å². The minimum atomic E-state index is -0.115. The molecule has 1 saturated carbocycles. The van der Waals surface area contributed by atoms with Crippen LogP contribution in [-0.4, -0.2) is 22.8 Å². The van der Waals surface area contributed by atoms with Crippen LogP contribution in [0.2, 0.25) is 10.0 Å². The second-order valence-corrected chi connectivity index (χ2v) is 7.37. The van der Waals surface area contributed by atoms with Gasteiger partial charge in [-0.05, 0) is 48.2 Å². The molecule has 0 heterocycles. The number of benzene rings is 2. The summed E-state index contributed by atoms with van der Waals surface area (Å²) in [6.45, 7) is 2.00. The fraction of sp³-hybridized carbons (Fsp3) is 0.300. The van der Waals surface area contributed by atoms with Crippen molar-refractivity contribution in [1.82, 2.24) is 4.90 Å². The van der Waals surface area contributed by atoms with Gasteiger partial charge in [-0.2, -0.15) is 0 Å². The third-order valence-electron chi connectivity index (χ3n) is 4.27. The summed E-state index contributed by atoms with van der Waals surface area (Å²) < 4.78 is 0. The number of nitrogens with one attached hydrogen (secondary N) is 1. The van der Waals surface area contributed by atoms with Crippen molar-refractivity contribution in [3.05, 3.63) is 63.6 Å². The summed E-state index contributed by atoms with van der Waals surface area (Å²) >= 11 is 12.1. The van der Waals surface area contributed by atoms with Crippen LogP contribution in [0.4, 0.5) is 5.69 Å². The van der Waals surface area contributed by atoms with E-state index in [2.05, 4.69) is 5.32 Å². The number of hydrogen-bond acceptors (Lipinski definition) is 2. The van der Waals surface area contributed by atoms with Crippen LogP contribution in [0, 0.1) is 0 Å². The van der Waals surface area contributed by atoms with E-state index in [9.17, 15) is 9.59 Å². The van der Waals surface area contributed by atoms with Gasteiger partial charge in [0.15, 0.2) is 0 Å². The fourth-order valence-electron chi connectivity index (χ4n) is 2.83. The molecule has 0 spiro atoms. The summed E-state index contributed by atoms with van der Waals surface area (Å²) in [6.07, 6.45) is 2.40. The summed E-state index contributed by atoms with van der Waals surface area (Å²) in [5.41, 5.74) is 2.62. The zero-order valence-electron chi connectivity index (χ0n) is 14.5. The molecule has 1 aliphatic rings. The summed E-state index contributed by atoms with van der Waals surface area (Å²) in [6, 6.07) is 13.1. The molecule has 1 fully saturated rings. The van der Waals surface area contributed by atoms with Crippen LogP contribution in [0.1, 0.15) is 30.9 Å². The Labute approximate surface area is 163 Å². The van der Waals surface area contributed by atoms with Gasteiger partial charge in [0.1, 0.15) is 0 Å². The second kappa shape index (κ2) is 8.11. The molecule has 0 radical (unpaired) electrons. The lowest BCUT2D eigenvalue weighted by atomic mass is 10.1. The third kappa shape index (κ3) is 4.99. The van der Waals surface area contributed by atoms with E-state index in [0.29, 0.717) is 29.1 Å². The Hall–Kier alpha value is -2.04. The Kier molecular flexibility index (Phi) is 5.84. The predicted octanol–water partition coefficient (Wildman–Crippen LogP) is 4.69. The molecular formula is C20H20Cl2N2O2. The average Bonchev–Trinajstić information content (AvgIpc) is 3.42. The molecule has 2 amide bonds. The number of nitrogens with zero attached hydrogens (tertiary/aromatic N) is 1. The fourth-order valence-corrected chi connectivity index (χ4v) is 3.15. The lowest BCUT2D eigenvalue weighted by molar-refractivity contribution is -0.131. The van der Waals surface area contributed by atoms with E-state index in [0.717, 1.165) is 29.7 Å². The quantitative estimate of drug-likeness (QED) is 0.777. The molecule has 0 bridgehead atoms. The molecule has 1 aliphatic carbocycles. The Balaban J connectivity index is 1.67. The first-order valence-electron chi connectivity index (χ1n) is 8.52. The minimum Gasteiger partial charge on any atom is -0.335 e. The van der Waals surface area contributed by atoms with Crippen LogP contribution in [0.25, 0.3) is 0 Å². The van der Waals surface area contributed by atoms with Gasteiger partial charge >= 0.3 is 0 Å². The minimum absolute atomic E-state index is 0.0887. The van der Waals surface area contributed by atoms with E-state index in [-0.39, 0.29) is 11.8 Å². The molecule has 4 nitrogen and oxygen atoms in total. The van der Waals surface area contributed by atoms with Crippen LogP contribution in [0.3, 0.4) is 0 Å². The highest BCUT2D eigenvalue weighted by Crippen LogP contribution is 2.30. The Morgan fingerprint density at radius 2 is 1.69 bits per heavy atom. The topological polar surface area (TPSA) is 49.4 Å². The highest BCUT2D eigenvalue weighted by Gasteiger charge is 2.32. The zero-order chi connectivity index (χ0) is 18.7. The molecule has 136 valence electrons. The first kappa shape index (κ1) is 18.7. The van der Waals surface area contributed by atoms with E-state index in [1.165, 1.54) is 6.92 Å². The predicted molar refractivity (Wildman–Crippen MR) is 104 cm³/mol. The van der Waals surface area contributed by atoms with E-state index in [4.69, 9.17) is 23.2 Å². The molecule has 0 unspecified atom stereocenters. The maximum Gasteiger partial charge on any atom is 0.227 e. The summed E-state index contributed by atoms with van der Waals surface area (Å²) in [4.78, 5) is 25.8. The van der Waals surface area contributed by atoms with Gasteiger partial charge in [0.2, 0.25) is 11.8 Å². The molecule has 0 aromatic heterocycles. The zero-order valence-corrected chi connectivity index (χ0v) is 16.0. The molecule has 0 aliphatic heterocycles. The van der Waals surface area contributed by atoms with Crippen LogP contribution in [0.15, 0.2) is 42.5 Å². The molecule has 2 aromatic carbocycles. The SMILES string of the molecule is CC(=O)Nc1ccc(CC(=O)N(Cc2ccc(Cl)c(Cl)c2)C2CC2)cc1. The Bertz CT molecular complexity index is 817. The second-order valence-electron chi connectivity index (χ2n) is 6.56. The normalized spacial score (nSPS) is 13.3. The van der Waals surface area contributed by atoms with Crippen molar-refractivity contribution in [2.75, 3.05) is 5.32 Å². The van der Waals surface area contributed by atoms with E-state index in [1.54, 1.807) is 6.07 Å². The van der Waals surface area contributed by atoms with Gasteiger partial charge in [-0.25, -0.2) is 0 Å². The Morgan fingerprint density at radius 3 is 2.27 bits per heavy atom. The number of rotatable bonds is 6. The van der Waals surface area contributed by atoms with Gasteiger partial charge in [-0.15, -0.1) is 0 Å². The van der Waals surface area contributed by atoms with E-state index >= 15 is 0 Å². The first-order chi connectivity index (χ1) is 12.4. The maximum absolute atomic E-state index is 12.8. The molecule has 26 heavy (non-hydrogen) atoms. The van der Waals surface area contributed by atoms with Gasteiger partial charge in [0.05, 0.1) is 16.5 Å². The summed E-state index contributed by atoms with van der Waals surface area (Å²) in [5.74, 6) is -0.0267. The average molecular weight is 391 g/mol. The highest BCUT2D eigenvalue weighted by molar-refractivity contribution is 6.42. The lowest BCUT2D eigenvalue weighted by Gasteiger charge is -2.23. The van der Waals surface area contributed by atoms with Gasteiger partial charge in [0.25, 0.3) is 0 Å². The van der Waals surface area contributed by atoms with Crippen molar-refractivity contribution >= 4 is 40.7 Å². The van der Waals surface area contributed by atoms with Gasteiger partial charge in [-0.3, -0.25) is 9.59 Å². The smallest absolute Gasteiger partial charge is 0.227 e. The largest absolute Gasteiger partial charge is 0.335 e. The van der Waals surface area contributed by atoms with Gasteiger partial charge in [-0.1, -0.05) is 41.4 Å². The highest BCUT2D eigenvalue weighted by atomic mass is 35.5. The van der Waals surface area contributed by atoms with Crippen molar-refractivity contribution < 1.29 is 9.59 Å². The van der Waals surface area contributed by atoms with Crippen molar-refractivity contribution in [2.45, 2.75) is 38.8 Å². The van der Waals surface area contributed by atoms with Gasteiger partial charge in [0, 0.05) is 25.2 Å². The van der Waals surface area contributed by atoms with E-state index < -0.39 is 0 Å². The standard InChI is InChI=1S/C20H20Cl2N2O2/c1-13(25)23-16-5-2-14(3-6-16)11-20(26)24(17-7-8-17)12-15-4-9-18(21)19(22)10-15/h2-6,9-10,17H,7-8,11-12H2,1H3,(H,23,25). The molecule has 6 heteroatoms. The maximum atomic E-state index is 12.8. The summed E-state index contributed by atoms with van der Waals surface area (Å²) in [5, 5.41) is 3.74. The number of amides is 2. The van der Waals surface area contributed by atoms with E-state index in [1.807, 2.05) is 41.3 Å². The molecule has 1 N–H and O–H groups in total. The van der Waals surface area contributed by atoms with Crippen molar-refractivity contribution in [1.29, 1.82) is 0 Å². The monoisotopic (exact) mass is 390 g/mol. The number of hydrogen-bond donors (Lipinski definition) is 1. The molecule has 0 saturated heterocycles. The van der Waals surface area contributed by atoms with Crippen molar-refractivity contribution in [2.24, 2.45) is 0 Å². The van der Waals surface area contributed by atoms with Crippen LogP contribution < -0.4 is 5.32 Å². The number of halogens is 2. The first-order valence-corrected chi connectivity index (χ1v) is 9.28. The number of anilines is 1. The third-order valence-corrected chi connectivity index (χ3v) is 5.01. The number of carbonyl (C=O) groups excluding carboxylic acids is 2.